The topological polar surface area (TPSA) is 75.1 Å². The lowest BCUT2D eigenvalue weighted by Crippen LogP contribution is -2.35. The summed E-state index contributed by atoms with van der Waals surface area (Å²) in [6.07, 6.45) is 0. The summed E-state index contributed by atoms with van der Waals surface area (Å²) in [7, 11) is 0. The van der Waals surface area contributed by atoms with Crippen LogP contribution in [-0.4, -0.2) is 33.9 Å². The summed E-state index contributed by atoms with van der Waals surface area (Å²) in [4.78, 5) is 11.7. The van der Waals surface area contributed by atoms with Gasteiger partial charge < -0.3 is 10.4 Å². The van der Waals surface area contributed by atoms with E-state index in [1.165, 1.54) is 0 Å². The molecule has 0 saturated carbocycles. The summed E-state index contributed by atoms with van der Waals surface area (Å²) in [6.45, 7) is 5.15. The van der Waals surface area contributed by atoms with Crippen molar-refractivity contribution in [1.29, 1.82) is 0 Å². The first-order valence-electron chi connectivity index (χ1n) is 4.77. The highest BCUT2D eigenvalue weighted by molar-refractivity contribution is 5.95. The maximum absolute atomic E-state index is 11.7. The monoisotopic (exact) mass is 209 g/mol. The summed E-state index contributed by atoms with van der Waals surface area (Å²) in [5.41, 5.74) is 1.79. The van der Waals surface area contributed by atoms with Gasteiger partial charge in [0.15, 0.2) is 0 Å². The number of carbonyl (C=O) groups is 1. The molecular weight excluding hydrogens is 194 g/mol. The van der Waals surface area contributed by atoms with Crippen LogP contribution in [0.1, 0.15) is 28.7 Å². The van der Waals surface area contributed by atoms with E-state index in [1.54, 1.807) is 26.8 Å². The smallest absolute Gasteiger partial charge is 0.253 e. The molecule has 82 valence electrons. The van der Waals surface area contributed by atoms with E-state index in [2.05, 4.69) is 15.5 Å². The Morgan fingerprint density at radius 1 is 1.53 bits per heavy atom. The van der Waals surface area contributed by atoms with E-state index < -0.39 is 0 Å². The van der Waals surface area contributed by atoms with Gasteiger partial charge in [0.2, 0.25) is 0 Å². The molecule has 1 rings (SSSR count). The van der Waals surface area contributed by atoms with Gasteiger partial charge in [-0.05, 0) is 26.8 Å². The summed E-state index contributed by atoms with van der Waals surface area (Å²) in [5, 5.41) is 19.2. The Bertz CT molecular complexity index is 366. The average molecular weight is 209 g/mol. The SMILES string of the molecule is Cc1cc(C(=O)NC(C)CO)c(C)nn1. The Kier molecular flexibility index (Phi) is 3.74. The summed E-state index contributed by atoms with van der Waals surface area (Å²) >= 11 is 0. The molecule has 0 aliphatic rings. The zero-order valence-electron chi connectivity index (χ0n) is 9.11. The summed E-state index contributed by atoms with van der Waals surface area (Å²) in [6, 6.07) is 1.42. The van der Waals surface area contributed by atoms with Gasteiger partial charge in [-0.1, -0.05) is 0 Å². The van der Waals surface area contributed by atoms with Gasteiger partial charge in [0.1, 0.15) is 0 Å². The van der Waals surface area contributed by atoms with Gasteiger partial charge in [-0.15, -0.1) is 0 Å². The van der Waals surface area contributed by atoms with Crippen LogP contribution < -0.4 is 5.32 Å². The van der Waals surface area contributed by atoms with Crippen LogP contribution in [-0.2, 0) is 0 Å². The number of nitrogens with zero attached hydrogens (tertiary/aromatic N) is 2. The fraction of sp³-hybridized carbons (Fsp3) is 0.500. The number of aliphatic hydroxyl groups excluding tert-OH is 1. The minimum Gasteiger partial charge on any atom is -0.394 e. The first-order chi connectivity index (χ1) is 7.04. The van der Waals surface area contributed by atoms with Crippen LogP contribution in [0, 0.1) is 13.8 Å². The second-order valence-corrected chi connectivity index (χ2v) is 3.54. The molecule has 0 aliphatic carbocycles. The normalized spacial score (nSPS) is 12.3. The lowest BCUT2D eigenvalue weighted by molar-refractivity contribution is 0.0921. The number of amides is 1. The van der Waals surface area contributed by atoms with Crippen LogP contribution >= 0.6 is 0 Å². The lowest BCUT2D eigenvalue weighted by atomic mass is 10.2. The van der Waals surface area contributed by atoms with Crippen LogP contribution in [0.2, 0.25) is 0 Å². The van der Waals surface area contributed by atoms with Crippen LogP contribution in [0.25, 0.3) is 0 Å². The van der Waals surface area contributed by atoms with Crippen LogP contribution in [0.5, 0.6) is 0 Å². The van der Waals surface area contributed by atoms with Crippen molar-refractivity contribution in [3.05, 3.63) is 23.0 Å². The Morgan fingerprint density at radius 2 is 2.20 bits per heavy atom. The number of hydrogen-bond acceptors (Lipinski definition) is 4. The van der Waals surface area contributed by atoms with Gasteiger partial charge in [0.25, 0.3) is 5.91 Å². The molecule has 1 atom stereocenters. The number of nitrogens with one attached hydrogen (secondary N) is 1. The zero-order valence-corrected chi connectivity index (χ0v) is 9.11. The molecule has 5 heteroatoms. The third-order valence-electron chi connectivity index (χ3n) is 2.00. The van der Waals surface area contributed by atoms with Crippen molar-refractivity contribution in [2.45, 2.75) is 26.8 Å². The van der Waals surface area contributed by atoms with E-state index in [-0.39, 0.29) is 18.6 Å². The average Bonchev–Trinajstić information content (AvgIpc) is 2.21. The molecule has 15 heavy (non-hydrogen) atoms. The predicted molar refractivity (Wildman–Crippen MR) is 55.5 cm³/mol. The molecule has 5 nitrogen and oxygen atoms in total. The van der Waals surface area contributed by atoms with Crippen molar-refractivity contribution >= 4 is 5.91 Å². The van der Waals surface area contributed by atoms with Gasteiger partial charge >= 0.3 is 0 Å². The molecule has 0 aliphatic heterocycles. The van der Waals surface area contributed by atoms with Crippen LogP contribution in [0.3, 0.4) is 0 Å². The van der Waals surface area contributed by atoms with E-state index in [9.17, 15) is 4.79 Å². The Hall–Kier alpha value is -1.49. The molecule has 1 amide bonds. The maximum atomic E-state index is 11.7. The molecule has 0 spiro atoms. The summed E-state index contributed by atoms with van der Waals surface area (Å²) in [5.74, 6) is -0.230. The van der Waals surface area contributed by atoms with E-state index in [4.69, 9.17) is 5.11 Å². The Morgan fingerprint density at radius 3 is 2.80 bits per heavy atom. The number of rotatable bonds is 3. The van der Waals surface area contributed by atoms with Crippen LogP contribution in [0.15, 0.2) is 6.07 Å². The molecule has 0 bridgehead atoms. The molecule has 0 fully saturated rings. The minimum absolute atomic E-state index is 0.0811. The van der Waals surface area contributed by atoms with Crippen molar-refractivity contribution < 1.29 is 9.90 Å². The van der Waals surface area contributed by atoms with Crippen LogP contribution in [0.4, 0.5) is 0 Å². The van der Waals surface area contributed by atoms with Crippen molar-refractivity contribution in [3.8, 4) is 0 Å². The van der Waals surface area contributed by atoms with Gasteiger partial charge in [0, 0.05) is 6.04 Å². The largest absolute Gasteiger partial charge is 0.394 e. The molecular formula is C10H15N3O2. The molecule has 1 heterocycles. The third-order valence-corrected chi connectivity index (χ3v) is 2.00. The van der Waals surface area contributed by atoms with Gasteiger partial charge in [-0.2, -0.15) is 10.2 Å². The number of aliphatic hydroxyl groups is 1. The Balaban J connectivity index is 2.86. The second-order valence-electron chi connectivity index (χ2n) is 3.54. The highest BCUT2D eigenvalue weighted by Gasteiger charge is 2.12. The standard InChI is InChI=1S/C10H15N3O2/c1-6-4-9(8(3)13-12-6)10(15)11-7(2)5-14/h4,7,14H,5H2,1-3H3,(H,11,15). The van der Waals surface area contributed by atoms with Crippen molar-refractivity contribution in [2.24, 2.45) is 0 Å². The maximum Gasteiger partial charge on any atom is 0.253 e. The quantitative estimate of drug-likeness (QED) is 0.746. The zero-order chi connectivity index (χ0) is 11.4. The van der Waals surface area contributed by atoms with Crippen molar-refractivity contribution in [2.75, 3.05) is 6.61 Å². The first-order valence-corrected chi connectivity index (χ1v) is 4.77. The van der Waals surface area contributed by atoms with E-state index >= 15 is 0 Å². The lowest BCUT2D eigenvalue weighted by Gasteiger charge is -2.11. The van der Waals surface area contributed by atoms with Gasteiger partial charge in [-0.25, -0.2) is 0 Å². The van der Waals surface area contributed by atoms with E-state index in [1.807, 2.05) is 0 Å². The molecule has 0 saturated heterocycles. The molecule has 1 aromatic rings. The summed E-state index contributed by atoms with van der Waals surface area (Å²) < 4.78 is 0. The number of hydrogen-bond donors (Lipinski definition) is 2. The van der Waals surface area contributed by atoms with Gasteiger partial charge in [-0.3, -0.25) is 4.79 Å². The predicted octanol–water partition coefficient (Wildman–Crippen LogP) is 0.204. The van der Waals surface area contributed by atoms with E-state index in [0.717, 1.165) is 0 Å². The first kappa shape index (κ1) is 11.6. The molecule has 2 N–H and O–H groups in total. The highest BCUT2D eigenvalue weighted by atomic mass is 16.3. The number of aryl methyl sites for hydroxylation is 2. The number of aromatic nitrogens is 2. The second kappa shape index (κ2) is 4.84. The Labute approximate surface area is 88.5 Å². The highest BCUT2D eigenvalue weighted by Crippen LogP contribution is 2.05. The molecule has 1 aromatic heterocycles. The van der Waals surface area contributed by atoms with Gasteiger partial charge in [0.05, 0.1) is 23.6 Å². The minimum atomic E-state index is -0.259. The number of carbonyl (C=O) groups excluding carboxylic acids is 1. The fourth-order valence-corrected chi connectivity index (χ4v) is 1.13. The van der Waals surface area contributed by atoms with E-state index in [0.29, 0.717) is 17.0 Å². The molecule has 1 unspecified atom stereocenters. The fourth-order valence-electron chi connectivity index (χ4n) is 1.13. The van der Waals surface area contributed by atoms with Crippen molar-refractivity contribution in [1.82, 2.24) is 15.5 Å². The molecule has 0 radical (unpaired) electrons. The van der Waals surface area contributed by atoms with Crippen molar-refractivity contribution in [3.63, 3.8) is 0 Å². The molecule has 0 aromatic carbocycles. The third kappa shape index (κ3) is 2.99.